The van der Waals surface area contributed by atoms with Crippen LogP contribution in [0.4, 0.5) is 14.9 Å². The molecule has 1 aromatic carbocycles. The van der Waals surface area contributed by atoms with E-state index in [1.807, 2.05) is 18.3 Å². The van der Waals surface area contributed by atoms with Gasteiger partial charge in [0.1, 0.15) is 11.4 Å². The molecule has 3 aromatic heterocycles. The Morgan fingerprint density at radius 2 is 2.12 bits per heavy atom. The fraction of sp³-hybridized carbons (Fsp3) is 0.375. The smallest absolute Gasteiger partial charge is 0.323 e. The molecule has 1 aliphatic carbocycles. The summed E-state index contributed by atoms with van der Waals surface area (Å²) in [6, 6.07) is 6.43. The number of benzene rings is 1. The van der Waals surface area contributed by atoms with E-state index in [-0.39, 0.29) is 17.8 Å². The highest BCUT2D eigenvalue weighted by Crippen LogP contribution is 2.55. The van der Waals surface area contributed by atoms with Crippen molar-refractivity contribution in [3.63, 3.8) is 0 Å². The van der Waals surface area contributed by atoms with Gasteiger partial charge in [-0.15, -0.1) is 15.3 Å². The van der Waals surface area contributed by atoms with Gasteiger partial charge in [0.25, 0.3) is 0 Å². The maximum atomic E-state index is 14.9. The Hall–Kier alpha value is -3.82. The summed E-state index contributed by atoms with van der Waals surface area (Å²) in [7, 11) is 0. The second-order valence-electron chi connectivity index (χ2n) is 9.47. The minimum atomic E-state index is -0.653. The van der Waals surface area contributed by atoms with Gasteiger partial charge in [-0.1, -0.05) is 6.92 Å². The number of aromatic nitrogens is 5. The van der Waals surface area contributed by atoms with Crippen LogP contribution < -0.4 is 5.32 Å². The second kappa shape index (κ2) is 7.34. The van der Waals surface area contributed by atoms with Gasteiger partial charge in [-0.05, 0) is 55.5 Å². The fourth-order valence-electron chi connectivity index (χ4n) is 5.58. The van der Waals surface area contributed by atoms with Crippen LogP contribution in [0.1, 0.15) is 43.5 Å². The normalized spacial score (nSPS) is 23.7. The zero-order valence-corrected chi connectivity index (χ0v) is 19.1. The lowest BCUT2D eigenvalue weighted by molar-refractivity contribution is -0.110. The van der Waals surface area contributed by atoms with Crippen LogP contribution in [0.25, 0.3) is 16.9 Å². The number of carbonyl (C=O) groups is 1. The lowest BCUT2D eigenvalue weighted by Gasteiger charge is -2.61. The third-order valence-electron chi connectivity index (χ3n) is 6.98. The summed E-state index contributed by atoms with van der Waals surface area (Å²) >= 11 is 0. The third-order valence-corrected chi connectivity index (χ3v) is 6.98. The van der Waals surface area contributed by atoms with Crippen LogP contribution in [-0.4, -0.2) is 41.8 Å². The third kappa shape index (κ3) is 3.08. The lowest BCUT2D eigenvalue weighted by atomic mass is 9.64. The first-order chi connectivity index (χ1) is 16.3. The number of anilines is 1. The van der Waals surface area contributed by atoms with E-state index in [1.165, 1.54) is 6.07 Å². The topological polar surface area (TPSA) is 101 Å². The standard InChI is InChI=1S/C24H24FN7O2/c1-13-7-17-11-24(10-13,22-29-28-15(3)34-22)32(17)23(33)27-20-9-18(14(2)8-19(20)25)21-26-12-16-5-4-6-31(16)30-21/h4-6,8-9,12-13,17H,7,10-11H2,1-3H3,(H,27,33)/t13-,17-,24+/m1/s1. The van der Waals surface area contributed by atoms with E-state index >= 15 is 0 Å². The molecule has 0 radical (unpaired) electrons. The first-order valence-electron chi connectivity index (χ1n) is 11.4. The Balaban J connectivity index is 1.33. The molecule has 1 saturated heterocycles. The van der Waals surface area contributed by atoms with Crippen molar-refractivity contribution in [3.8, 4) is 11.4 Å². The van der Waals surface area contributed by atoms with Crippen molar-refractivity contribution in [1.82, 2.24) is 29.7 Å². The van der Waals surface area contributed by atoms with Crippen molar-refractivity contribution < 1.29 is 13.6 Å². The van der Waals surface area contributed by atoms with Crippen molar-refractivity contribution >= 4 is 17.2 Å². The molecule has 4 heterocycles. The summed E-state index contributed by atoms with van der Waals surface area (Å²) < 4.78 is 22.4. The van der Waals surface area contributed by atoms with Crippen LogP contribution in [0.15, 0.2) is 41.1 Å². The van der Waals surface area contributed by atoms with Gasteiger partial charge in [-0.3, -0.25) is 0 Å². The summed E-state index contributed by atoms with van der Waals surface area (Å²) in [5.74, 6) is 1.25. The average molecular weight is 462 g/mol. The highest BCUT2D eigenvalue weighted by Gasteiger charge is 2.62. The average Bonchev–Trinajstić information content (AvgIpc) is 3.43. The monoisotopic (exact) mass is 461 g/mol. The van der Waals surface area contributed by atoms with E-state index in [9.17, 15) is 9.18 Å². The molecule has 1 aliphatic heterocycles. The number of nitrogens with zero attached hydrogens (tertiary/aromatic N) is 6. The van der Waals surface area contributed by atoms with Gasteiger partial charge in [0.05, 0.1) is 17.4 Å². The van der Waals surface area contributed by atoms with Gasteiger partial charge >= 0.3 is 6.03 Å². The molecule has 3 atom stereocenters. The van der Waals surface area contributed by atoms with Crippen LogP contribution in [-0.2, 0) is 5.54 Å². The van der Waals surface area contributed by atoms with E-state index in [0.29, 0.717) is 34.7 Å². The molecule has 4 aromatic rings. The highest BCUT2D eigenvalue weighted by atomic mass is 19.1. The Bertz CT molecular complexity index is 1430. The summed E-state index contributed by atoms with van der Waals surface area (Å²) in [5.41, 5.74) is 1.61. The molecule has 2 aliphatic rings. The van der Waals surface area contributed by atoms with Crippen molar-refractivity contribution in [1.29, 1.82) is 0 Å². The summed E-state index contributed by atoms with van der Waals surface area (Å²) in [5, 5.41) is 15.5. The molecule has 10 heteroatoms. The summed E-state index contributed by atoms with van der Waals surface area (Å²) in [6.45, 7) is 5.69. The maximum absolute atomic E-state index is 14.9. The number of piperidine rings is 1. The number of rotatable bonds is 3. The molecule has 2 amide bonds. The number of likely N-dealkylation sites (tertiary alicyclic amines) is 1. The van der Waals surface area contributed by atoms with E-state index in [2.05, 4.69) is 32.5 Å². The Morgan fingerprint density at radius 1 is 1.26 bits per heavy atom. The number of amides is 2. The number of urea groups is 1. The van der Waals surface area contributed by atoms with Crippen molar-refractivity contribution in [2.24, 2.45) is 5.92 Å². The van der Waals surface area contributed by atoms with E-state index in [0.717, 1.165) is 24.8 Å². The largest absolute Gasteiger partial charge is 0.423 e. The van der Waals surface area contributed by atoms with E-state index < -0.39 is 11.4 Å². The first-order valence-corrected chi connectivity index (χ1v) is 11.4. The summed E-state index contributed by atoms with van der Waals surface area (Å²) in [4.78, 5) is 19.6. The maximum Gasteiger partial charge on any atom is 0.323 e. The highest BCUT2D eigenvalue weighted by molar-refractivity contribution is 5.92. The van der Waals surface area contributed by atoms with Gasteiger partial charge in [0.2, 0.25) is 11.8 Å². The molecular weight excluding hydrogens is 437 g/mol. The molecular formula is C24H24FN7O2. The predicted octanol–water partition coefficient (Wildman–Crippen LogP) is 4.47. The number of hydrogen-bond acceptors (Lipinski definition) is 6. The van der Waals surface area contributed by atoms with Crippen molar-refractivity contribution in [3.05, 3.63) is 59.8 Å². The Morgan fingerprint density at radius 3 is 2.91 bits per heavy atom. The van der Waals surface area contributed by atoms with Crippen molar-refractivity contribution in [2.45, 2.75) is 51.6 Å². The molecule has 34 heavy (non-hydrogen) atoms. The van der Waals surface area contributed by atoms with E-state index in [1.54, 1.807) is 35.5 Å². The lowest BCUT2D eigenvalue weighted by Crippen LogP contribution is -2.70. The molecule has 0 spiro atoms. The molecule has 174 valence electrons. The van der Waals surface area contributed by atoms with Crippen LogP contribution in [0.5, 0.6) is 0 Å². The summed E-state index contributed by atoms with van der Waals surface area (Å²) in [6.07, 6.45) is 5.91. The molecule has 9 nitrogen and oxygen atoms in total. The number of halogens is 1. The van der Waals surface area contributed by atoms with Crippen LogP contribution in [0.3, 0.4) is 0 Å². The minimum Gasteiger partial charge on any atom is -0.423 e. The fourth-order valence-corrected chi connectivity index (χ4v) is 5.58. The number of fused-ring (bicyclic) bond motifs is 3. The van der Waals surface area contributed by atoms with Gasteiger partial charge in [-0.2, -0.15) is 0 Å². The number of hydrogen-bond donors (Lipinski definition) is 1. The van der Waals surface area contributed by atoms with Crippen molar-refractivity contribution in [2.75, 3.05) is 5.32 Å². The SMILES string of the molecule is Cc1nnc([C@]23C[C@H](C)C[C@H](C2)N3C(=O)Nc2cc(-c3ncc4cccn4n3)c(C)cc2F)o1. The zero-order chi connectivity index (χ0) is 23.6. The quantitative estimate of drug-likeness (QED) is 0.483. The van der Waals surface area contributed by atoms with E-state index in [4.69, 9.17) is 4.42 Å². The molecule has 1 saturated carbocycles. The van der Waals surface area contributed by atoms with Crippen LogP contribution >= 0.6 is 0 Å². The van der Waals surface area contributed by atoms with Crippen LogP contribution in [0, 0.1) is 25.6 Å². The van der Waals surface area contributed by atoms with Crippen LogP contribution in [0.2, 0.25) is 0 Å². The molecule has 2 fully saturated rings. The number of aryl methyl sites for hydroxylation is 2. The molecule has 2 bridgehead atoms. The number of carbonyl (C=O) groups excluding carboxylic acids is 1. The molecule has 0 unspecified atom stereocenters. The molecule has 6 rings (SSSR count). The Kier molecular flexibility index (Phi) is 4.48. The van der Waals surface area contributed by atoms with Gasteiger partial charge in [0.15, 0.2) is 5.82 Å². The van der Waals surface area contributed by atoms with Gasteiger partial charge in [-0.25, -0.2) is 18.7 Å². The molecule has 1 N–H and O–H groups in total. The van der Waals surface area contributed by atoms with Gasteiger partial charge in [0, 0.05) is 31.1 Å². The minimum absolute atomic E-state index is 0.0448. The van der Waals surface area contributed by atoms with Gasteiger partial charge < -0.3 is 14.6 Å². The predicted molar refractivity (Wildman–Crippen MR) is 121 cm³/mol. The zero-order valence-electron chi connectivity index (χ0n) is 19.1. The second-order valence-corrected chi connectivity index (χ2v) is 9.47. The number of nitrogens with one attached hydrogen (secondary N) is 1. The Labute approximate surface area is 195 Å². The first kappa shape index (κ1) is 20.8.